The number of amides is 1. The van der Waals surface area contributed by atoms with Gasteiger partial charge in [0.25, 0.3) is 0 Å². The van der Waals surface area contributed by atoms with Gasteiger partial charge < -0.3 is 10.0 Å². The van der Waals surface area contributed by atoms with E-state index in [1.807, 2.05) is 0 Å². The summed E-state index contributed by atoms with van der Waals surface area (Å²) in [6.07, 6.45) is 2.14. The van der Waals surface area contributed by atoms with Crippen LogP contribution in [-0.2, 0) is 9.59 Å². The predicted molar refractivity (Wildman–Crippen MR) is 56.8 cm³/mol. The number of hydrogen-bond donors (Lipinski definition) is 1. The van der Waals surface area contributed by atoms with Crippen LogP contribution in [-0.4, -0.2) is 40.3 Å². The molecule has 0 aromatic rings. The second kappa shape index (κ2) is 5.16. The van der Waals surface area contributed by atoms with E-state index in [1.165, 1.54) is 11.0 Å². The quantitative estimate of drug-likeness (QED) is 0.570. The highest BCUT2D eigenvalue weighted by Crippen LogP contribution is 2.22. The van der Waals surface area contributed by atoms with Crippen LogP contribution in [0.3, 0.4) is 0 Å². The van der Waals surface area contributed by atoms with Crippen molar-refractivity contribution in [2.45, 2.75) is 18.9 Å². The first kappa shape index (κ1) is 12.0. The third-order valence-electron chi connectivity index (χ3n) is 2.51. The number of rotatable bonds is 5. The Kier molecular flexibility index (Phi) is 4.15. The zero-order chi connectivity index (χ0) is 11.4. The van der Waals surface area contributed by atoms with Gasteiger partial charge in [0.05, 0.1) is 0 Å². The molecule has 1 rings (SSSR count). The largest absolute Gasteiger partial charge is 0.480 e. The third-order valence-corrected chi connectivity index (χ3v) is 2.94. The number of carbonyl (C=O) groups excluding carboxylic acids is 1. The van der Waals surface area contributed by atoms with E-state index >= 15 is 0 Å². The molecular formula is C10H14ClNO3. The molecule has 15 heavy (non-hydrogen) atoms. The van der Waals surface area contributed by atoms with Crippen LogP contribution in [0.25, 0.3) is 0 Å². The number of halogens is 1. The standard InChI is InChI=1S/C10H14ClNO3/c1-2-3-8(10(14)15)12-6-7(5-11)4-9(12)13/h2,7-8H,1,3-6H2,(H,14,15). The molecule has 1 heterocycles. The van der Waals surface area contributed by atoms with E-state index in [1.54, 1.807) is 0 Å². The Hall–Kier alpha value is -1.03. The number of nitrogens with zero attached hydrogens (tertiary/aromatic N) is 1. The zero-order valence-corrected chi connectivity index (χ0v) is 9.11. The molecule has 0 aromatic carbocycles. The second-order valence-electron chi connectivity index (χ2n) is 3.65. The molecule has 1 aliphatic rings. The minimum absolute atomic E-state index is 0.0748. The summed E-state index contributed by atoms with van der Waals surface area (Å²) in [4.78, 5) is 23.9. The zero-order valence-electron chi connectivity index (χ0n) is 8.36. The van der Waals surface area contributed by atoms with Crippen molar-refractivity contribution in [2.24, 2.45) is 5.92 Å². The Morgan fingerprint density at radius 1 is 1.80 bits per heavy atom. The van der Waals surface area contributed by atoms with E-state index in [4.69, 9.17) is 16.7 Å². The summed E-state index contributed by atoms with van der Waals surface area (Å²) < 4.78 is 0. The summed E-state index contributed by atoms with van der Waals surface area (Å²) in [6.45, 7) is 3.93. The maximum Gasteiger partial charge on any atom is 0.326 e. The van der Waals surface area contributed by atoms with Crippen molar-refractivity contribution in [2.75, 3.05) is 12.4 Å². The maximum atomic E-state index is 11.5. The minimum Gasteiger partial charge on any atom is -0.480 e. The van der Waals surface area contributed by atoms with Gasteiger partial charge in [0, 0.05) is 18.8 Å². The van der Waals surface area contributed by atoms with E-state index < -0.39 is 12.0 Å². The lowest BCUT2D eigenvalue weighted by Crippen LogP contribution is -2.42. The van der Waals surface area contributed by atoms with Crippen LogP contribution in [0.5, 0.6) is 0 Å². The number of carboxylic acid groups (broad SMARTS) is 1. The average Bonchev–Trinajstić information content (AvgIpc) is 2.55. The van der Waals surface area contributed by atoms with Crippen molar-refractivity contribution in [1.29, 1.82) is 0 Å². The number of alkyl halides is 1. The van der Waals surface area contributed by atoms with Crippen LogP contribution < -0.4 is 0 Å². The molecule has 84 valence electrons. The van der Waals surface area contributed by atoms with Crippen molar-refractivity contribution >= 4 is 23.5 Å². The molecule has 4 nitrogen and oxygen atoms in total. The van der Waals surface area contributed by atoms with Gasteiger partial charge in [-0.15, -0.1) is 18.2 Å². The van der Waals surface area contributed by atoms with Crippen LogP contribution in [0.1, 0.15) is 12.8 Å². The minimum atomic E-state index is -0.988. The molecule has 1 fully saturated rings. The predicted octanol–water partition coefficient (Wildman–Crippen LogP) is 1.10. The SMILES string of the molecule is C=CCC(C(=O)O)N1CC(CCl)CC1=O. The molecule has 1 aliphatic heterocycles. The average molecular weight is 232 g/mol. The van der Waals surface area contributed by atoms with Gasteiger partial charge in [-0.3, -0.25) is 4.79 Å². The third kappa shape index (κ3) is 2.72. The van der Waals surface area contributed by atoms with Crippen LogP contribution in [0.4, 0.5) is 0 Å². The van der Waals surface area contributed by atoms with Crippen molar-refractivity contribution in [3.63, 3.8) is 0 Å². The van der Waals surface area contributed by atoms with Gasteiger partial charge in [-0.2, -0.15) is 0 Å². The Morgan fingerprint density at radius 3 is 2.87 bits per heavy atom. The molecule has 0 spiro atoms. The Bertz CT molecular complexity index is 280. The summed E-state index contributed by atoms with van der Waals surface area (Å²) >= 11 is 5.65. The molecule has 2 atom stereocenters. The molecule has 0 bridgehead atoms. The lowest BCUT2D eigenvalue weighted by Gasteiger charge is -2.23. The van der Waals surface area contributed by atoms with E-state index in [0.717, 1.165) is 0 Å². The van der Waals surface area contributed by atoms with Crippen LogP contribution >= 0.6 is 11.6 Å². The Morgan fingerprint density at radius 2 is 2.47 bits per heavy atom. The van der Waals surface area contributed by atoms with Crippen LogP contribution in [0.15, 0.2) is 12.7 Å². The molecular weight excluding hydrogens is 218 g/mol. The summed E-state index contributed by atoms with van der Waals surface area (Å²) in [5, 5.41) is 8.97. The highest BCUT2D eigenvalue weighted by atomic mass is 35.5. The number of carbonyl (C=O) groups is 2. The van der Waals surface area contributed by atoms with Gasteiger partial charge >= 0.3 is 5.97 Å². The smallest absolute Gasteiger partial charge is 0.326 e. The van der Waals surface area contributed by atoms with Crippen molar-refractivity contribution in [3.05, 3.63) is 12.7 Å². The Labute approximate surface area is 93.5 Å². The molecule has 0 saturated carbocycles. The number of aliphatic carboxylic acids is 1. The lowest BCUT2D eigenvalue weighted by atomic mass is 10.1. The van der Waals surface area contributed by atoms with Crippen LogP contribution in [0.2, 0.25) is 0 Å². The van der Waals surface area contributed by atoms with E-state index in [-0.39, 0.29) is 18.2 Å². The van der Waals surface area contributed by atoms with Gasteiger partial charge in [-0.25, -0.2) is 4.79 Å². The fourth-order valence-electron chi connectivity index (χ4n) is 1.73. The van der Waals surface area contributed by atoms with Gasteiger partial charge in [0.1, 0.15) is 6.04 Å². The molecule has 2 unspecified atom stereocenters. The molecule has 1 saturated heterocycles. The van der Waals surface area contributed by atoms with Crippen molar-refractivity contribution < 1.29 is 14.7 Å². The summed E-state index contributed by atoms with van der Waals surface area (Å²) in [5.41, 5.74) is 0. The van der Waals surface area contributed by atoms with E-state index in [9.17, 15) is 9.59 Å². The van der Waals surface area contributed by atoms with Crippen molar-refractivity contribution in [1.82, 2.24) is 4.90 Å². The normalized spacial score (nSPS) is 22.9. The Balaban J connectivity index is 2.72. The van der Waals surface area contributed by atoms with Crippen LogP contribution in [0, 0.1) is 5.92 Å². The van der Waals surface area contributed by atoms with Gasteiger partial charge in [-0.1, -0.05) is 6.08 Å². The second-order valence-corrected chi connectivity index (χ2v) is 3.96. The van der Waals surface area contributed by atoms with Gasteiger partial charge in [0.15, 0.2) is 0 Å². The number of carboxylic acids is 1. The van der Waals surface area contributed by atoms with Gasteiger partial charge in [-0.05, 0) is 12.3 Å². The first-order valence-corrected chi connectivity index (χ1v) is 5.32. The lowest BCUT2D eigenvalue weighted by molar-refractivity contribution is -0.148. The highest BCUT2D eigenvalue weighted by molar-refractivity contribution is 6.18. The summed E-state index contributed by atoms with van der Waals surface area (Å²) in [5.74, 6) is -0.651. The van der Waals surface area contributed by atoms with E-state index in [0.29, 0.717) is 18.8 Å². The summed E-state index contributed by atoms with van der Waals surface area (Å²) in [6, 6.07) is -0.789. The fourth-order valence-corrected chi connectivity index (χ4v) is 1.94. The fraction of sp³-hybridized carbons (Fsp3) is 0.600. The molecule has 0 aliphatic carbocycles. The van der Waals surface area contributed by atoms with Gasteiger partial charge in [0.2, 0.25) is 5.91 Å². The molecule has 5 heteroatoms. The first-order valence-electron chi connectivity index (χ1n) is 4.79. The highest BCUT2D eigenvalue weighted by Gasteiger charge is 2.36. The number of hydrogen-bond acceptors (Lipinski definition) is 2. The first-order chi connectivity index (χ1) is 7.10. The van der Waals surface area contributed by atoms with E-state index in [2.05, 4.69) is 6.58 Å². The molecule has 0 aromatic heterocycles. The molecule has 1 amide bonds. The molecule has 0 radical (unpaired) electrons. The maximum absolute atomic E-state index is 11.5. The van der Waals surface area contributed by atoms with Crippen molar-refractivity contribution in [3.8, 4) is 0 Å². The molecule has 1 N–H and O–H groups in total. The topological polar surface area (TPSA) is 57.6 Å². The summed E-state index contributed by atoms with van der Waals surface area (Å²) in [7, 11) is 0. The number of likely N-dealkylation sites (tertiary alicyclic amines) is 1. The monoisotopic (exact) mass is 231 g/mol.